The third-order valence-corrected chi connectivity index (χ3v) is 6.06. The number of hydrogen-bond donors (Lipinski definition) is 0. The van der Waals surface area contributed by atoms with E-state index < -0.39 is 0 Å². The molecule has 0 bridgehead atoms. The van der Waals surface area contributed by atoms with Crippen molar-refractivity contribution in [2.45, 2.75) is 122 Å². The second kappa shape index (κ2) is 18.5. The first-order valence-corrected chi connectivity index (χ1v) is 12.3. The highest BCUT2D eigenvalue weighted by Gasteiger charge is 2.12. The normalized spacial score (nSPS) is 11.9. The van der Waals surface area contributed by atoms with E-state index in [1.165, 1.54) is 102 Å². The smallest absolute Gasteiger partial charge is 0.119 e. The minimum absolute atomic E-state index is 0.648. The van der Waals surface area contributed by atoms with Crippen molar-refractivity contribution in [3.63, 3.8) is 0 Å². The summed E-state index contributed by atoms with van der Waals surface area (Å²) in [5, 5.41) is 8.67. The van der Waals surface area contributed by atoms with Gasteiger partial charge in [-0.1, -0.05) is 103 Å². The summed E-state index contributed by atoms with van der Waals surface area (Å²) in [6.07, 6.45) is 22.0. The lowest BCUT2D eigenvalue weighted by molar-refractivity contribution is 0.412. The number of benzene rings is 1. The highest BCUT2D eigenvalue weighted by molar-refractivity contribution is 5.30. The minimum Gasteiger partial charge on any atom is -0.497 e. The maximum atomic E-state index is 8.67. The molecular formula is C27H45NO. The molecule has 29 heavy (non-hydrogen) atoms. The van der Waals surface area contributed by atoms with Crippen molar-refractivity contribution in [2.24, 2.45) is 0 Å². The largest absolute Gasteiger partial charge is 0.497 e. The van der Waals surface area contributed by atoms with Crippen molar-refractivity contribution in [1.82, 2.24) is 0 Å². The van der Waals surface area contributed by atoms with Gasteiger partial charge in [0.15, 0.2) is 0 Å². The Morgan fingerprint density at radius 1 is 0.793 bits per heavy atom. The van der Waals surface area contributed by atoms with Gasteiger partial charge in [-0.3, -0.25) is 0 Å². The van der Waals surface area contributed by atoms with Gasteiger partial charge in [0, 0.05) is 6.42 Å². The molecule has 1 aromatic rings. The van der Waals surface area contributed by atoms with Crippen LogP contribution in [0, 0.1) is 11.3 Å². The van der Waals surface area contributed by atoms with Crippen LogP contribution in [-0.4, -0.2) is 7.11 Å². The molecule has 0 radical (unpaired) electrons. The zero-order chi connectivity index (χ0) is 21.0. The summed E-state index contributed by atoms with van der Waals surface area (Å²) in [6.45, 7) is 2.29. The van der Waals surface area contributed by atoms with E-state index >= 15 is 0 Å². The van der Waals surface area contributed by atoms with Crippen molar-refractivity contribution in [1.29, 1.82) is 5.26 Å². The fourth-order valence-electron chi connectivity index (χ4n) is 4.20. The van der Waals surface area contributed by atoms with E-state index in [1.54, 1.807) is 7.11 Å². The molecule has 2 heteroatoms. The number of hydrogen-bond acceptors (Lipinski definition) is 2. The lowest BCUT2D eigenvalue weighted by atomic mass is 9.88. The Hall–Kier alpha value is -1.49. The first-order valence-electron chi connectivity index (χ1n) is 12.3. The maximum absolute atomic E-state index is 8.67. The monoisotopic (exact) mass is 399 g/mol. The van der Waals surface area contributed by atoms with E-state index in [1.807, 2.05) is 6.07 Å². The topological polar surface area (TPSA) is 33.0 Å². The molecule has 0 saturated carbocycles. The van der Waals surface area contributed by atoms with Gasteiger partial charge in [0.2, 0.25) is 0 Å². The number of ether oxygens (including phenoxy) is 1. The van der Waals surface area contributed by atoms with E-state index in [9.17, 15) is 0 Å². The molecule has 0 fully saturated rings. The van der Waals surface area contributed by atoms with Gasteiger partial charge in [0.1, 0.15) is 5.75 Å². The Kier molecular flexibility index (Phi) is 16.3. The third-order valence-electron chi connectivity index (χ3n) is 6.06. The van der Waals surface area contributed by atoms with Gasteiger partial charge in [-0.15, -0.1) is 0 Å². The summed E-state index contributed by atoms with van der Waals surface area (Å²) in [5.41, 5.74) is 1.44. The summed E-state index contributed by atoms with van der Waals surface area (Å²) in [5.74, 6) is 1.62. The molecule has 164 valence electrons. The Morgan fingerprint density at radius 3 is 1.90 bits per heavy atom. The molecule has 1 atom stereocenters. The van der Waals surface area contributed by atoms with Crippen LogP contribution >= 0.6 is 0 Å². The first kappa shape index (κ1) is 25.5. The predicted octanol–water partition coefficient (Wildman–Crippen LogP) is 8.95. The average Bonchev–Trinajstić information content (AvgIpc) is 2.76. The lowest BCUT2D eigenvalue weighted by Crippen LogP contribution is -2.00. The van der Waals surface area contributed by atoms with Gasteiger partial charge >= 0.3 is 0 Å². The number of nitrogens with zero attached hydrogens (tertiary/aromatic N) is 1. The van der Waals surface area contributed by atoms with Crippen LogP contribution in [0.4, 0.5) is 0 Å². The molecule has 2 nitrogen and oxygen atoms in total. The molecule has 0 aliphatic carbocycles. The van der Waals surface area contributed by atoms with Gasteiger partial charge in [-0.2, -0.15) is 5.26 Å². The summed E-state index contributed by atoms with van der Waals surface area (Å²) in [7, 11) is 1.76. The van der Waals surface area contributed by atoms with E-state index in [2.05, 4.69) is 31.2 Å². The molecule has 0 aliphatic heterocycles. The molecule has 1 rings (SSSR count). The lowest BCUT2D eigenvalue weighted by Gasteiger charge is -2.18. The van der Waals surface area contributed by atoms with E-state index in [-0.39, 0.29) is 0 Å². The fourth-order valence-corrected chi connectivity index (χ4v) is 4.20. The number of rotatable bonds is 19. The van der Waals surface area contributed by atoms with Crippen molar-refractivity contribution >= 4 is 0 Å². The molecule has 1 aromatic carbocycles. The SMILES string of the molecule is CCCCCCCCCCCCC(CCCCCCC#N)c1cccc(OC)c1. The predicted molar refractivity (Wildman–Crippen MR) is 126 cm³/mol. The van der Waals surface area contributed by atoms with Gasteiger partial charge in [-0.25, -0.2) is 0 Å². The van der Waals surface area contributed by atoms with Crippen LogP contribution in [0.15, 0.2) is 24.3 Å². The molecule has 0 saturated heterocycles. The molecule has 0 spiro atoms. The van der Waals surface area contributed by atoms with Crippen LogP contribution in [-0.2, 0) is 0 Å². The van der Waals surface area contributed by atoms with Gasteiger partial charge < -0.3 is 4.74 Å². The van der Waals surface area contributed by atoms with Crippen LogP contribution in [0.2, 0.25) is 0 Å². The second-order valence-electron chi connectivity index (χ2n) is 8.56. The summed E-state index contributed by atoms with van der Waals surface area (Å²) < 4.78 is 5.45. The highest BCUT2D eigenvalue weighted by atomic mass is 16.5. The van der Waals surface area contributed by atoms with E-state index in [0.29, 0.717) is 12.3 Å². The number of nitriles is 1. The minimum atomic E-state index is 0.648. The van der Waals surface area contributed by atoms with Crippen molar-refractivity contribution in [3.05, 3.63) is 29.8 Å². The zero-order valence-corrected chi connectivity index (χ0v) is 19.3. The van der Waals surface area contributed by atoms with Crippen LogP contribution < -0.4 is 4.74 Å². The molecule has 1 unspecified atom stereocenters. The zero-order valence-electron chi connectivity index (χ0n) is 19.3. The van der Waals surface area contributed by atoms with Crippen molar-refractivity contribution in [3.8, 4) is 11.8 Å². The Labute approximate surface area is 181 Å². The maximum Gasteiger partial charge on any atom is 0.119 e. The molecule has 0 aromatic heterocycles. The van der Waals surface area contributed by atoms with Crippen molar-refractivity contribution in [2.75, 3.05) is 7.11 Å². The number of methoxy groups -OCH3 is 1. The summed E-state index contributed by atoms with van der Waals surface area (Å²) in [4.78, 5) is 0. The molecule has 0 N–H and O–H groups in total. The first-order chi connectivity index (χ1) is 14.3. The van der Waals surface area contributed by atoms with Gasteiger partial charge in [0.05, 0.1) is 13.2 Å². The quantitative estimate of drug-likeness (QED) is 0.217. The highest BCUT2D eigenvalue weighted by Crippen LogP contribution is 2.30. The Morgan fingerprint density at radius 2 is 1.34 bits per heavy atom. The van der Waals surface area contributed by atoms with Crippen LogP contribution in [0.3, 0.4) is 0 Å². The molecule has 0 amide bonds. The van der Waals surface area contributed by atoms with Gasteiger partial charge in [-0.05, 0) is 42.9 Å². The fraction of sp³-hybridized carbons (Fsp3) is 0.741. The van der Waals surface area contributed by atoms with Crippen molar-refractivity contribution < 1.29 is 4.74 Å². The third kappa shape index (κ3) is 13.4. The standard InChI is InChI=1S/C27H45NO/c1-3-4-5-6-7-8-9-10-12-15-19-25(20-16-13-11-14-17-23-28)26-21-18-22-27(24-26)29-2/h18,21-22,24-25H,3-17,19-20H2,1-2H3. The van der Waals surface area contributed by atoms with Crippen LogP contribution in [0.1, 0.15) is 128 Å². The van der Waals surface area contributed by atoms with E-state index in [4.69, 9.17) is 10.00 Å². The van der Waals surface area contributed by atoms with E-state index in [0.717, 1.165) is 12.2 Å². The molecular weight excluding hydrogens is 354 g/mol. The molecule has 0 aliphatic rings. The number of unbranched alkanes of at least 4 members (excludes halogenated alkanes) is 13. The van der Waals surface area contributed by atoms with Gasteiger partial charge in [0.25, 0.3) is 0 Å². The average molecular weight is 400 g/mol. The van der Waals surface area contributed by atoms with Crippen LogP contribution in [0.5, 0.6) is 5.75 Å². The second-order valence-corrected chi connectivity index (χ2v) is 8.56. The molecule has 0 heterocycles. The Balaban J connectivity index is 2.30. The Bertz CT molecular complexity index is 534. The summed E-state index contributed by atoms with van der Waals surface area (Å²) in [6, 6.07) is 10.9. The summed E-state index contributed by atoms with van der Waals surface area (Å²) >= 11 is 0. The van der Waals surface area contributed by atoms with Crippen LogP contribution in [0.25, 0.3) is 0 Å².